The molecule has 0 saturated heterocycles. The fourth-order valence-corrected chi connectivity index (χ4v) is 2.10. The Kier molecular flexibility index (Phi) is 10.4. The number of carboxylic acids is 2. The molecule has 0 rings (SSSR count). The SMILES string of the molecule is CCCCCCCC(C(=O)O)(C(=O)O)C(C)C.[H-].[Li+]. The summed E-state index contributed by atoms with van der Waals surface area (Å²) in [6, 6.07) is 0. The van der Waals surface area contributed by atoms with Crippen LogP contribution in [0.1, 0.15) is 60.7 Å². The maximum absolute atomic E-state index is 11.2. The van der Waals surface area contributed by atoms with Crippen molar-refractivity contribution in [2.24, 2.45) is 11.3 Å². The molecule has 102 valence electrons. The minimum Gasteiger partial charge on any atom is -1.00 e. The van der Waals surface area contributed by atoms with Gasteiger partial charge in [0.2, 0.25) is 0 Å². The molecule has 0 bridgehead atoms. The first-order valence-electron chi connectivity index (χ1n) is 6.36. The molecule has 0 aliphatic rings. The van der Waals surface area contributed by atoms with E-state index in [1.165, 1.54) is 0 Å². The van der Waals surface area contributed by atoms with Gasteiger partial charge in [-0.05, 0) is 12.3 Å². The van der Waals surface area contributed by atoms with Gasteiger partial charge in [0.05, 0.1) is 0 Å². The van der Waals surface area contributed by atoms with E-state index >= 15 is 0 Å². The van der Waals surface area contributed by atoms with Gasteiger partial charge in [0.15, 0.2) is 5.41 Å². The standard InChI is InChI=1S/C13H24O4.Li.H/c1-4-5-6-7-8-9-13(10(2)3,11(14)15)12(16)17;;/h10H,4-9H2,1-3H3,(H,14,15)(H,16,17);;/q;+1;-1. The normalized spacial score (nSPS) is 11.1. The van der Waals surface area contributed by atoms with Crippen LogP contribution in [0.4, 0.5) is 0 Å². The fourth-order valence-electron chi connectivity index (χ4n) is 2.10. The van der Waals surface area contributed by atoms with Gasteiger partial charge in [0.1, 0.15) is 0 Å². The van der Waals surface area contributed by atoms with Crippen LogP contribution in [0.3, 0.4) is 0 Å². The molecule has 0 atom stereocenters. The maximum atomic E-state index is 11.2. The van der Waals surface area contributed by atoms with Gasteiger partial charge < -0.3 is 11.6 Å². The first-order valence-corrected chi connectivity index (χ1v) is 6.36. The molecular weight excluding hydrogens is 227 g/mol. The molecule has 0 fully saturated rings. The van der Waals surface area contributed by atoms with Crippen LogP contribution in [-0.2, 0) is 9.59 Å². The van der Waals surface area contributed by atoms with Crippen LogP contribution < -0.4 is 18.9 Å². The van der Waals surface area contributed by atoms with Crippen LogP contribution >= 0.6 is 0 Å². The van der Waals surface area contributed by atoms with Crippen molar-refractivity contribution in [3.05, 3.63) is 0 Å². The number of unbranched alkanes of at least 4 members (excludes halogenated alkanes) is 4. The van der Waals surface area contributed by atoms with Gasteiger partial charge >= 0.3 is 30.8 Å². The van der Waals surface area contributed by atoms with E-state index in [-0.39, 0.29) is 26.7 Å². The van der Waals surface area contributed by atoms with Gasteiger partial charge in [0, 0.05) is 0 Å². The smallest absolute Gasteiger partial charge is 1.00 e. The second-order valence-electron chi connectivity index (χ2n) is 4.90. The Balaban J connectivity index is -0.00000128. The van der Waals surface area contributed by atoms with Gasteiger partial charge in [0.25, 0.3) is 0 Å². The third kappa shape index (κ3) is 5.03. The third-order valence-corrected chi connectivity index (χ3v) is 3.42. The van der Waals surface area contributed by atoms with E-state index < -0.39 is 23.3 Å². The molecule has 5 heteroatoms. The number of rotatable bonds is 9. The van der Waals surface area contributed by atoms with Crippen LogP contribution in [0.2, 0.25) is 0 Å². The second kappa shape index (κ2) is 9.47. The summed E-state index contributed by atoms with van der Waals surface area (Å²) in [5, 5.41) is 18.4. The van der Waals surface area contributed by atoms with Crippen molar-refractivity contribution in [2.45, 2.75) is 59.3 Å². The van der Waals surface area contributed by atoms with Gasteiger partial charge in [-0.25, -0.2) is 0 Å². The predicted octanol–water partition coefficient (Wildman–Crippen LogP) is 0.275. The largest absolute Gasteiger partial charge is 1.00 e. The van der Waals surface area contributed by atoms with E-state index in [4.69, 9.17) is 0 Å². The summed E-state index contributed by atoms with van der Waals surface area (Å²) in [5.74, 6) is -2.82. The van der Waals surface area contributed by atoms with E-state index in [1.54, 1.807) is 13.8 Å². The Morgan fingerprint density at radius 2 is 1.50 bits per heavy atom. The average molecular weight is 252 g/mol. The molecular formula is C13H25LiO4. The predicted molar refractivity (Wildman–Crippen MR) is 67.0 cm³/mol. The number of carboxylic acid groups (broad SMARTS) is 2. The van der Waals surface area contributed by atoms with Gasteiger partial charge in [-0.1, -0.05) is 52.9 Å². The van der Waals surface area contributed by atoms with Crippen molar-refractivity contribution < 1.29 is 40.1 Å². The number of hydrogen-bond acceptors (Lipinski definition) is 2. The summed E-state index contributed by atoms with van der Waals surface area (Å²) in [5.41, 5.74) is -1.62. The molecule has 0 aliphatic heterocycles. The Morgan fingerprint density at radius 1 is 1.06 bits per heavy atom. The molecule has 0 aromatic rings. The van der Waals surface area contributed by atoms with Gasteiger partial charge in [-0.2, -0.15) is 0 Å². The molecule has 0 unspecified atom stereocenters. The third-order valence-electron chi connectivity index (χ3n) is 3.42. The van der Waals surface area contributed by atoms with Crippen LogP contribution in [0, 0.1) is 11.3 Å². The topological polar surface area (TPSA) is 74.6 Å². The minimum atomic E-state index is -1.62. The van der Waals surface area contributed by atoms with E-state index in [2.05, 4.69) is 6.92 Å². The van der Waals surface area contributed by atoms with Crippen molar-refractivity contribution in [2.75, 3.05) is 0 Å². The van der Waals surface area contributed by atoms with E-state index in [0.29, 0.717) is 6.42 Å². The summed E-state index contributed by atoms with van der Waals surface area (Å²) in [6.07, 6.45) is 5.07. The molecule has 0 aromatic heterocycles. The van der Waals surface area contributed by atoms with E-state index in [9.17, 15) is 19.8 Å². The molecule has 0 spiro atoms. The maximum Gasteiger partial charge on any atom is 1.00 e. The molecule has 0 amide bonds. The fraction of sp³-hybridized carbons (Fsp3) is 0.846. The van der Waals surface area contributed by atoms with E-state index in [0.717, 1.165) is 25.7 Å². The Labute approximate surface area is 123 Å². The Hall–Kier alpha value is -0.463. The van der Waals surface area contributed by atoms with Crippen molar-refractivity contribution in [3.63, 3.8) is 0 Å². The number of hydrogen-bond donors (Lipinski definition) is 2. The molecule has 18 heavy (non-hydrogen) atoms. The van der Waals surface area contributed by atoms with Crippen LogP contribution in [0.5, 0.6) is 0 Å². The summed E-state index contributed by atoms with van der Waals surface area (Å²) < 4.78 is 0. The quantitative estimate of drug-likeness (QED) is 0.351. The Morgan fingerprint density at radius 3 is 1.83 bits per heavy atom. The number of aliphatic carboxylic acids is 2. The van der Waals surface area contributed by atoms with E-state index in [1.807, 2.05) is 0 Å². The molecule has 0 radical (unpaired) electrons. The second-order valence-corrected chi connectivity index (χ2v) is 4.90. The average Bonchev–Trinajstić information content (AvgIpc) is 2.21. The van der Waals surface area contributed by atoms with Gasteiger partial charge in [-0.15, -0.1) is 0 Å². The van der Waals surface area contributed by atoms with Crippen molar-refractivity contribution in [1.82, 2.24) is 0 Å². The zero-order chi connectivity index (χ0) is 13.5. The van der Waals surface area contributed by atoms with Gasteiger partial charge in [-0.3, -0.25) is 9.59 Å². The summed E-state index contributed by atoms with van der Waals surface area (Å²) >= 11 is 0. The van der Waals surface area contributed by atoms with Crippen LogP contribution in [-0.4, -0.2) is 22.2 Å². The molecule has 0 aliphatic carbocycles. The molecule has 2 N–H and O–H groups in total. The minimum absolute atomic E-state index is 0. The molecule has 4 nitrogen and oxygen atoms in total. The van der Waals surface area contributed by atoms with Crippen LogP contribution in [0.25, 0.3) is 0 Å². The first-order chi connectivity index (χ1) is 7.89. The zero-order valence-electron chi connectivity index (χ0n) is 13.0. The molecule has 0 heterocycles. The monoisotopic (exact) mass is 252 g/mol. The zero-order valence-corrected chi connectivity index (χ0v) is 12.0. The summed E-state index contributed by atoms with van der Waals surface area (Å²) in [6.45, 7) is 5.43. The van der Waals surface area contributed by atoms with Crippen molar-refractivity contribution in [1.29, 1.82) is 0 Å². The Bertz CT molecular complexity index is 255. The molecule has 0 aromatic carbocycles. The summed E-state index contributed by atoms with van der Waals surface area (Å²) in [7, 11) is 0. The number of carbonyl (C=O) groups is 2. The van der Waals surface area contributed by atoms with Crippen LogP contribution in [0.15, 0.2) is 0 Å². The van der Waals surface area contributed by atoms with Crippen molar-refractivity contribution in [3.8, 4) is 0 Å². The first kappa shape index (κ1) is 19.9. The van der Waals surface area contributed by atoms with Crippen molar-refractivity contribution >= 4 is 11.9 Å². The molecule has 0 saturated carbocycles. The summed E-state index contributed by atoms with van der Waals surface area (Å²) in [4.78, 5) is 22.5.